The monoisotopic (exact) mass is 396 g/mol. The Morgan fingerprint density at radius 1 is 0.862 bits per heavy atom. The molecule has 1 fully saturated rings. The minimum Gasteiger partial charge on any atom is -0.327 e. The first kappa shape index (κ1) is 19.2. The van der Waals surface area contributed by atoms with Crippen LogP contribution < -0.4 is 11.1 Å². The topological polar surface area (TPSA) is 55.1 Å². The predicted octanol–water partition coefficient (Wildman–Crippen LogP) is 5.44. The van der Waals surface area contributed by atoms with Crippen LogP contribution in [0.1, 0.15) is 33.8 Å². The third-order valence-electron chi connectivity index (χ3n) is 5.13. The van der Waals surface area contributed by atoms with E-state index in [0.717, 1.165) is 24.1 Å². The molecule has 0 unspecified atom stereocenters. The van der Waals surface area contributed by atoms with Gasteiger partial charge in [-0.1, -0.05) is 36.4 Å². The smallest absolute Gasteiger partial charge is 0.327 e. The fraction of sp³-hybridized carbons (Fsp3) is 0.174. The number of nitrogens with two attached hydrogens (primary N) is 1. The van der Waals surface area contributed by atoms with Gasteiger partial charge in [-0.05, 0) is 59.5 Å². The summed E-state index contributed by atoms with van der Waals surface area (Å²) in [6, 6.07) is 19.6. The van der Waals surface area contributed by atoms with Crippen LogP contribution in [0.5, 0.6) is 0 Å². The maximum Gasteiger partial charge on any atom is 0.416 e. The number of anilines is 1. The molecule has 0 aromatic heterocycles. The van der Waals surface area contributed by atoms with Gasteiger partial charge in [0.05, 0.1) is 5.56 Å². The molecule has 0 aliphatic heterocycles. The first-order valence-electron chi connectivity index (χ1n) is 9.26. The van der Waals surface area contributed by atoms with Gasteiger partial charge in [0.2, 0.25) is 0 Å². The van der Waals surface area contributed by atoms with Gasteiger partial charge in [0.15, 0.2) is 0 Å². The van der Waals surface area contributed by atoms with E-state index in [9.17, 15) is 18.0 Å². The standard InChI is InChI=1S/C23H19F3N2O/c24-23(25,26)18-9-5-15(6-10-18)14-1-3-17(4-2-14)22(29)28-19-11-7-16(8-12-19)20-13-21(20)27/h1-12,20-21H,13,27H2,(H,28,29)/t20-,21+/m0/s1. The molecule has 3 aromatic carbocycles. The molecule has 0 bridgehead atoms. The van der Waals surface area contributed by atoms with Crippen LogP contribution in [0, 0.1) is 0 Å². The highest BCUT2D eigenvalue weighted by Gasteiger charge is 2.34. The summed E-state index contributed by atoms with van der Waals surface area (Å²) in [5, 5.41) is 2.84. The van der Waals surface area contributed by atoms with Crippen molar-refractivity contribution in [2.75, 3.05) is 5.32 Å². The molecule has 6 heteroatoms. The lowest BCUT2D eigenvalue weighted by atomic mass is 10.0. The van der Waals surface area contributed by atoms with Gasteiger partial charge in [0.25, 0.3) is 5.91 Å². The van der Waals surface area contributed by atoms with Gasteiger partial charge in [-0.25, -0.2) is 0 Å². The quantitative estimate of drug-likeness (QED) is 0.617. The van der Waals surface area contributed by atoms with E-state index in [0.29, 0.717) is 22.7 Å². The molecule has 3 N–H and O–H groups in total. The summed E-state index contributed by atoms with van der Waals surface area (Å²) in [6.07, 6.45) is -3.36. The maximum atomic E-state index is 12.7. The van der Waals surface area contributed by atoms with Crippen molar-refractivity contribution in [2.45, 2.75) is 24.6 Å². The van der Waals surface area contributed by atoms with Crippen molar-refractivity contribution < 1.29 is 18.0 Å². The predicted molar refractivity (Wildman–Crippen MR) is 107 cm³/mol. The van der Waals surface area contributed by atoms with E-state index in [2.05, 4.69) is 5.32 Å². The Kier molecular flexibility index (Phi) is 4.88. The number of halogens is 3. The van der Waals surface area contributed by atoms with Crippen molar-refractivity contribution >= 4 is 11.6 Å². The normalized spacial score (nSPS) is 18.3. The number of hydrogen-bond donors (Lipinski definition) is 2. The minimum atomic E-state index is -4.36. The zero-order valence-corrected chi connectivity index (χ0v) is 15.4. The molecule has 0 radical (unpaired) electrons. The first-order chi connectivity index (χ1) is 13.8. The second-order valence-electron chi connectivity index (χ2n) is 7.23. The zero-order chi connectivity index (χ0) is 20.6. The minimum absolute atomic E-state index is 0.235. The third-order valence-corrected chi connectivity index (χ3v) is 5.13. The summed E-state index contributed by atoms with van der Waals surface area (Å²) < 4.78 is 38.0. The van der Waals surface area contributed by atoms with Gasteiger partial charge in [0, 0.05) is 23.2 Å². The van der Waals surface area contributed by atoms with Crippen LogP contribution in [0.4, 0.5) is 18.9 Å². The molecule has 1 aliphatic rings. The molecule has 3 aromatic rings. The van der Waals surface area contributed by atoms with Crippen molar-refractivity contribution in [3.8, 4) is 11.1 Å². The zero-order valence-electron chi connectivity index (χ0n) is 15.4. The number of alkyl halides is 3. The summed E-state index contributed by atoms with van der Waals surface area (Å²) in [5.74, 6) is 0.164. The molecule has 3 nitrogen and oxygen atoms in total. The van der Waals surface area contributed by atoms with E-state index >= 15 is 0 Å². The number of nitrogens with one attached hydrogen (secondary N) is 1. The van der Waals surface area contributed by atoms with Crippen LogP contribution in [0.25, 0.3) is 11.1 Å². The van der Waals surface area contributed by atoms with Crippen LogP contribution in [0.3, 0.4) is 0 Å². The second kappa shape index (κ2) is 7.37. The molecule has 1 saturated carbocycles. The Balaban J connectivity index is 1.42. The lowest BCUT2D eigenvalue weighted by Gasteiger charge is -2.09. The van der Waals surface area contributed by atoms with Crippen molar-refractivity contribution in [3.05, 3.63) is 89.5 Å². The molecule has 4 rings (SSSR count). The average Bonchev–Trinajstić information content (AvgIpc) is 3.45. The summed E-state index contributed by atoms with van der Waals surface area (Å²) in [4.78, 5) is 12.4. The van der Waals surface area contributed by atoms with Gasteiger partial charge in [-0.2, -0.15) is 13.2 Å². The van der Waals surface area contributed by atoms with E-state index in [1.807, 2.05) is 24.3 Å². The van der Waals surface area contributed by atoms with Crippen LogP contribution in [0.2, 0.25) is 0 Å². The summed E-state index contributed by atoms with van der Waals surface area (Å²) in [5.41, 5.74) is 8.89. The molecular formula is C23H19F3N2O. The van der Waals surface area contributed by atoms with Crippen LogP contribution in [0.15, 0.2) is 72.8 Å². The first-order valence-corrected chi connectivity index (χ1v) is 9.26. The van der Waals surface area contributed by atoms with Gasteiger partial charge in [-0.3, -0.25) is 4.79 Å². The Morgan fingerprint density at radius 3 is 1.86 bits per heavy atom. The number of carbonyl (C=O) groups is 1. The molecule has 2 atom stereocenters. The fourth-order valence-corrected chi connectivity index (χ4v) is 3.28. The Morgan fingerprint density at radius 2 is 1.38 bits per heavy atom. The Hall–Kier alpha value is -3.12. The highest BCUT2D eigenvalue weighted by Crippen LogP contribution is 2.39. The second-order valence-corrected chi connectivity index (χ2v) is 7.23. The van der Waals surface area contributed by atoms with Crippen LogP contribution >= 0.6 is 0 Å². The SMILES string of the molecule is N[C@@H]1C[C@H]1c1ccc(NC(=O)c2ccc(-c3ccc(C(F)(F)F)cc3)cc2)cc1. The van der Waals surface area contributed by atoms with Crippen LogP contribution in [-0.4, -0.2) is 11.9 Å². The van der Waals surface area contributed by atoms with Crippen molar-refractivity contribution in [2.24, 2.45) is 5.73 Å². The summed E-state index contributed by atoms with van der Waals surface area (Å²) in [7, 11) is 0. The van der Waals surface area contributed by atoms with Gasteiger partial charge < -0.3 is 11.1 Å². The number of hydrogen-bond acceptors (Lipinski definition) is 2. The Labute approximate surface area is 166 Å². The molecule has 1 aliphatic carbocycles. The highest BCUT2D eigenvalue weighted by molar-refractivity contribution is 6.04. The lowest BCUT2D eigenvalue weighted by Crippen LogP contribution is -2.11. The number of rotatable bonds is 4. The number of amides is 1. The molecule has 0 heterocycles. The molecule has 0 spiro atoms. The maximum absolute atomic E-state index is 12.7. The van der Waals surface area contributed by atoms with E-state index in [-0.39, 0.29) is 11.9 Å². The van der Waals surface area contributed by atoms with Gasteiger partial charge >= 0.3 is 6.18 Å². The lowest BCUT2D eigenvalue weighted by molar-refractivity contribution is -0.137. The molecule has 1 amide bonds. The number of benzene rings is 3. The highest BCUT2D eigenvalue weighted by atomic mass is 19.4. The molecule has 0 saturated heterocycles. The summed E-state index contributed by atoms with van der Waals surface area (Å²) in [6.45, 7) is 0. The average molecular weight is 396 g/mol. The van der Waals surface area contributed by atoms with Crippen molar-refractivity contribution in [1.82, 2.24) is 0 Å². The summed E-state index contributed by atoms with van der Waals surface area (Å²) >= 11 is 0. The van der Waals surface area contributed by atoms with Gasteiger partial charge in [0.1, 0.15) is 0 Å². The van der Waals surface area contributed by atoms with E-state index in [1.165, 1.54) is 17.7 Å². The largest absolute Gasteiger partial charge is 0.416 e. The molecular weight excluding hydrogens is 377 g/mol. The fourth-order valence-electron chi connectivity index (χ4n) is 3.28. The van der Waals surface area contributed by atoms with Crippen molar-refractivity contribution in [3.63, 3.8) is 0 Å². The Bertz CT molecular complexity index is 1010. The molecule has 29 heavy (non-hydrogen) atoms. The van der Waals surface area contributed by atoms with Gasteiger partial charge in [-0.15, -0.1) is 0 Å². The van der Waals surface area contributed by atoms with E-state index < -0.39 is 11.7 Å². The molecule has 148 valence electrons. The van der Waals surface area contributed by atoms with Crippen LogP contribution in [-0.2, 0) is 6.18 Å². The van der Waals surface area contributed by atoms with Crippen molar-refractivity contribution in [1.29, 1.82) is 0 Å². The van der Waals surface area contributed by atoms with E-state index in [4.69, 9.17) is 5.73 Å². The third kappa shape index (κ3) is 4.32. The number of carbonyl (C=O) groups excluding carboxylic acids is 1. The van der Waals surface area contributed by atoms with E-state index in [1.54, 1.807) is 24.3 Å².